The standard InChI is InChI=1S/C20H12ClNO2/c21-15-10-9-14(12-23)18(11-15)16-7-4-8-17-19(22-24-20(16)17)13-5-2-1-3-6-13/h1-12H. The summed E-state index contributed by atoms with van der Waals surface area (Å²) in [5.41, 5.74) is 4.49. The lowest BCUT2D eigenvalue weighted by Gasteiger charge is -2.06. The van der Waals surface area contributed by atoms with Crippen molar-refractivity contribution in [3.05, 3.63) is 77.3 Å². The molecule has 0 aliphatic rings. The van der Waals surface area contributed by atoms with Gasteiger partial charge in [-0.05, 0) is 29.8 Å². The molecule has 0 unspecified atom stereocenters. The summed E-state index contributed by atoms with van der Waals surface area (Å²) in [7, 11) is 0. The van der Waals surface area contributed by atoms with Gasteiger partial charge in [-0.25, -0.2) is 0 Å². The summed E-state index contributed by atoms with van der Waals surface area (Å²) in [6.45, 7) is 0. The van der Waals surface area contributed by atoms with Crippen molar-refractivity contribution in [3.63, 3.8) is 0 Å². The first-order chi connectivity index (χ1) is 11.8. The molecule has 0 fully saturated rings. The fourth-order valence-corrected chi connectivity index (χ4v) is 3.02. The van der Waals surface area contributed by atoms with Gasteiger partial charge in [0.25, 0.3) is 0 Å². The Bertz CT molecular complexity index is 1040. The lowest BCUT2D eigenvalue weighted by Crippen LogP contribution is -1.88. The summed E-state index contributed by atoms with van der Waals surface area (Å²) < 4.78 is 5.62. The van der Waals surface area contributed by atoms with Crippen LogP contribution in [0.3, 0.4) is 0 Å². The third-order valence-electron chi connectivity index (χ3n) is 3.98. The van der Waals surface area contributed by atoms with Gasteiger partial charge in [-0.3, -0.25) is 4.79 Å². The molecule has 24 heavy (non-hydrogen) atoms. The molecule has 0 saturated carbocycles. The third kappa shape index (κ3) is 2.39. The fourth-order valence-electron chi connectivity index (χ4n) is 2.84. The van der Waals surface area contributed by atoms with Gasteiger partial charge >= 0.3 is 0 Å². The SMILES string of the molecule is O=Cc1ccc(Cl)cc1-c1cccc2c(-c3ccccc3)noc12. The van der Waals surface area contributed by atoms with E-state index in [4.69, 9.17) is 16.1 Å². The monoisotopic (exact) mass is 333 g/mol. The topological polar surface area (TPSA) is 43.1 Å². The normalized spacial score (nSPS) is 10.9. The summed E-state index contributed by atoms with van der Waals surface area (Å²) in [6.07, 6.45) is 0.818. The Hall–Kier alpha value is -2.91. The fraction of sp³-hybridized carbons (Fsp3) is 0. The maximum absolute atomic E-state index is 11.4. The van der Waals surface area contributed by atoms with Crippen molar-refractivity contribution in [1.82, 2.24) is 5.16 Å². The molecule has 0 amide bonds. The van der Waals surface area contributed by atoms with Crippen LogP contribution in [-0.4, -0.2) is 11.4 Å². The number of rotatable bonds is 3. The minimum atomic E-state index is 0.560. The predicted octanol–water partition coefficient (Wildman–Crippen LogP) is 5.63. The molecule has 0 radical (unpaired) electrons. The first kappa shape index (κ1) is 14.7. The predicted molar refractivity (Wildman–Crippen MR) is 95.3 cm³/mol. The Labute approximate surface area is 143 Å². The number of benzene rings is 3. The third-order valence-corrected chi connectivity index (χ3v) is 4.21. The van der Waals surface area contributed by atoms with Gasteiger partial charge in [-0.1, -0.05) is 59.2 Å². The van der Waals surface area contributed by atoms with E-state index in [1.807, 2.05) is 48.5 Å². The molecule has 4 aromatic rings. The van der Waals surface area contributed by atoms with Gasteiger partial charge in [0, 0.05) is 21.7 Å². The summed E-state index contributed by atoms with van der Waals surface area (Å²) in [4.78, 5) is 11.4. The Morgan fingerprint density at radius 1 is 0.917 bits per heavy atom. The molecule has 4 rings (SSSR count). The van der Waals surface area contributed by atoms with Crippen molar-refractivity contribution in [2.45, 2.75) is 0 Å². The van der Waals surface area contributed by atoms with E-state index in [2.05, 4.69) is 5.16 Å². The maximum Gasteiger partial charge on any atom is 0.175 e. The Morgan fingerprint density at radius 2 is 1.75 bits per heavy atom. The van der Waals surface area contributed by atoms with Gasteiger partial charge in [-0.2, -0.15) is 0 Å². The van der Waals surface area contributed by atoms with Gasteiger partial charge < -0.3 is 4.52 Å². The minimum Gasteiger partial charge on any atom is -0.355 e. The van der Waals surface area contributed by atoms with Gasteiger partial charge in [0.2, 0.25) is 0 Å². The quantitative estimate of drug-likeness (QED) is 0.456. The van der Waals surface area contributed by atoms with Crippen LogP contribution in [0.1, 0.15) is 10.4 Å². The Balaban J connectivity index is 1.98. The first-order valence-corrected chi connectivity index (χ1v) is 7.84. The highest BCUT2D eigenvalue weighted by atomic mass is 35.5. The van der Waals surface area contributed by atoms with E-state index >= 15 is 0 Å². The minimum absolute atomic E-state index is 0.560. The zero-order valence-corrected chi connectivity index (χ0v) is 13.3. The van der Waals surface area contributed by atoms with Gasteiger partial charge in [-0.15, -0.1) is 0 Å². The molecule has 1 aromatic heterocycles. The second-order valence-corrected chi connectivity index (χ2v) is 5.87. The molecule has 3 nitrogen and oxygen atoms in total. The molecular weight excluding hydrogens is 322 g/mol. The number of fused-ring (bicyclic) bond motifs is 1. The molecule has 1 heterocycles. The number of carbonyl (C=O) groups excluding carboxylic acids is 1. The number of halogens is 1. The molecular formula is C20H12ClNO2. The van der Waals surface area contributed by atoms with Crippen LogP contribution in [0.2, 0.25) is 5.02 Å². The Morgan fingerprint density at radius 3 is 2.54 bits per heavy atom. The molecule has 0 aliphatic carbocycles. The number of carbonyl (C=O) groups is 1. The molecule has 3 aromatic carbocycles. The smallest absolute Gasteiger partial charge is 0.175 e. The summed E-state index contributed by atoms with van der Waals surface area (Å²) >= 11 is 6.11. The number of hydrogen-bond donors (Lipinski definition) is 0. The van der Waals surface area contributed by atoms with Crippen LogP contribution in [0.5, 0.6) is 0 Å². The number of aldehydes is 1. The lowest BCUT2D eigenvalue weighted by molar-refractivity contribution is 0.112. The van der Waals surface area contributed by atoms with E-state index in [9.17, 15) is 4.79 Å². The average Bonchev–Trinajstić information content (AvgIpc) is 3.06. The van der Waals surface area contributed by atoms with E-state index in [0.29, 0.717) is 16.2 Å². The highest BCUT2D eigenvalue weighted by molar-refractivity contribution is 6.31. The van der Waals surface area contributed by atoms with Gasteiger partial charge in [0.1, 0.15) is 5.69 Å². The zero-order valence-electron chi connectivity index (χ0n) is 12.6. The van der Waals surface area contributed by atoms with Gasteiger partial charge in [0.05, 0.1) is 5.39 Å². The van der Waals surface area contributed by atoms with Crippen LogP contribution in [0.15, 0.2) is 71.3 Å². The first-order valence-electron chi connectivity index (χ1n) is 7.47. The number of hydrogen-bond acceptors (Lipinski definition) is 3. The number of nitrogens with zero attached hydrogens (tertiary/aromatic N) is 1. The molecule has 0 bridgehead atoms. The lowest BCUT2D eigenvalue weighted by atomic mass is 9.97. The zero-order chi connectivity index (χ0) is 16.5. The van der Waals surface area contributed by atoms with Gasteiger partial charge in [0.15, 0.2) is 11.9 Å². The largest absolute Gasteiger partial charge is 0.355 e. The van der Waals surface area contributed by atoms with E-state index in [1.54, 1.807) is 18.2 Å². The number of aromatic nitrogens is 1. The molecule has 0 saturated heterocycles. The highest BCUT2D eigenvalue weighted by Gasteiger charge is 2.16. The van der Waals surface area contributed by atoms with Crippen LogP contribution >= 0.6 is 11.6 Å². The van der Waals surface area contributed by atoms with E-state index in [0.717, 1.165) is 34.1 Å². The van der Waals surface area contributed by atoms with E-state index in [1.165, 1.54) is 0 Å². The maximum atomic E-state index is 11.4. The van der Waals surface area contributed by atoms with Crippen molar-refractivity contribution in [2.75, 3.05) is 0 Å². The second-order valence-electron chi connectivity index (χ2n) is 5.43. The Kier molecular flexibility index (Phi) is 3.63. The summed E-state index contributed by atoms with van der Waals surface area (Å²) in [5, 5.41) is 5.70. The van der Waals surface area contributed by atoms with Crippen LogP contribution < -0.4 is 0 Å². The summed E-state index contributed by atoms with van der Waals surface area (Å²) in [5.74, 6) is 0. The van der Waals surface area contributed by atoms with Crippen LogP contribution in [-0.2, 0) is 0 Å². The molecule has 116 valence electrons. The average molecular weight is 334 g/mol. The summed E-state index contributed by atoms with van der Waals surface area (Å²) in [6, 6.07) is 20.8. The highest BCUT2D eigenvalue weighted by Crippen LogP contribution is 2.36. The van der Waals surface area contributed by atoms with Crippen LogP contribution in [0.4, 0.5) is 0 Å². The van der Waals surface area contributed by atoms with Crippen molar-refractivity contribution >= 4 is 28.9 Å². The van der Waals surface area contributed by atoms with Crippen molar-refractivity contribution < 1.29 is 9.32 Å². The van der Waals surface area contributed by atoms with E-state index < -0.39 is 0 Å². The molecule has 0 atom stereocenters. The van der Waals surface area contributed by atoms with Crippen LogP contribution in [0.25, 0.3) is 33.4 Å². The molecule has 0 N–H and O–H groups in total. The number of para-hydroxylation sites is 1. The van der Waals surface area contributed by atoms with Crippen molar-refractivity contribution in [2.24, 2.45) is 0 Å². The van der Waals surface area contributed by atoms with Crippen LogP contribution in [0, 0.1) is 0 Å². The van der Waals surface area contributed by atoms with Crippen molar-refractivity contribution in [3.8, 4) is 22.4 Å². The molecule has 0 aliphatic heterocycles. The molecule has 0 spiro atoms. The van der Waals surface area contributed by atoms with Crippen molar-refractivity contribution in [1.29, 1.82) is 0 Å². The molecule has 4 heteroatoms. The van der Waals surface area contributed by atoms with E-state index in [-0.39, 0.29) is 0 Å². The second kappa shape index (κ2) is 5.95.